The summed E-state index contributed by atoms with van der Waals surface area (Å²) in [6.07, 6.45) is -0.114. The number of ether oxygens (including phenoxy) is 4. The highest BCUT2D eigenvalue weighted by Crippen LogP contribution is 2.32. The maximum Gasteiger partial charge on any atom is 0.215 e. The van der Waals surface area contributed by atoms with Gasteiger partial charge >= 0.3 is 0 Å². The molecule has 3 heterocycles. The van der Waals surface area contributed by atoms with Gasteiger partial charge in [0.2, 0.25) is 5.88 Å². The van der Waals surface area contributed by atoms with Gasteiger partial charge in [0.15, 0.2) is 5.79 Å². The summed E-state index contributed by atoms with van der Waals surface area (Å²) in [5.74, 6) is 0.881. The van der Waals surface area contributed by atoms with E-state index in [1.807, 2.05) is 38.1 Å². The van der Waals surface area contributed by atoms with E-state index < -0.39 is 5.79 Å². The van der Waals surface area contributed by atoms with Crippen LogP contribution in [-0.2, 0) is 14.2 Å². The molecule has 2 aliphatic rings. The molecule has 2 aromatic rings. The van der Waals surface area contributed by atoms with Gasteiger partial charge in [-0.3, -0.25) is 0 Å². The number of nitrogens with two attached hydrogens (primary N) is 1. The second-order valence-corrected chi connectivity index (χ2v) is 7.99. The molecule has 1 aromatic carbocycles. The lowest BCUT2D eigenvalue weighted by atomic mass is 10.0. The molecule has 0 unspecified atom stereocenters. The second-order valence-electron chi connectivity index (χ2n) is 7.99. The number of benzene rings is 1. The zero-order chi connectivity index (χ0) is 20.4. The molecule has 0 aliphatic carbocycles. The summed E-state index contributed by atoms with van der Waals surface area (Å²) in [5.41, 5.74) is 10.0. The van der Waals surface area contributed by atoms with Gasteiger partial charge in [-0.05, 0) is 55.7 Å². The summed E-state index contributed by atoms with van der Waals surface area (Å²) in [5, 5.41) is 0. The third-order valence-electron chi connectivity index (χ3n) is 5.18. The number of aromatic nitrogens is 1. The van der Waals surface area contributed by atoms with E-state index >= 15 is 0 Å². The fraction of sp³-hybridized carbons (Fsp3) is 0.500. The van der Waals surface area contributed by atoms with Gasteiger partial charge in [0.1, 0.15) is 18.5 Å². The van der Waals surface area contributed by atoms with Crippen LogP contribution in [0.3, 0.4) is 0 Å². The highest BCUT2D eigenvalue weighted by Gasteiger charge is 2.33. The normalized spacial score (nSPS) is 21.3. The largest absolute Gasteiger partial charge is 0.475 e. The van der Waals surface area contributed by atoms with Gasteiger partial charge in [-0.2, -0.15) is 4.98 Å². The number of pyridine rings is 1. The average Bonchev–Trinajstić information content (AvgIpc) is 3.07. The molecule has 4 rings (SSSR count). The molecule has 2 fully saturated rings. The summed E-state index contributed by atoms with van der Waals surface area (Å²) >= 11 is 0. The van der Waals surface area contributed by atoms with Crippen LogP contribution >= 0.6 is 0 Å². The molecule has 1 aromatic heterocycles. The Bertz CT molecular complexity index is 865. The highest BCUT2D eigenvalue weighted by atomic mass is 16.7. The van der Waals surface area contributed by atoms with E-state index in [2.05, 4.69) is 17.9 Å². The fourth-order valence-corrected chi connectivity index (χ4v) is 3.65. The first-order chi connectivity index (χ1) is 13.9. The molecule has 2 N–H and O–H groups in total. The number of hydrogen-bond acceptors (Lipinski definition) is 7. The van der Waals surface area contributed by atoms with Crippen LogP contribution in [0.25, 0.3) is 11.1 Å². The van der Waals surface area contributed by atoms with Gasteiger partial charge in [-0.25, -0.2) is 0 Å². The summed E-state index contributed by atoms with van der Waals surface area (Å²) in [7, 11) is 0. The lowest BCUT2D eigenvalue weighted by Crippen LogP contribution is -2.36. The van der Waals surface area contributed by atoms with E-state index in [0.717, 1.165) is 41.3 Å². The molecule has 7 heteroatoms. The SMILES string of the molecule is Cc1ccc(N)cc1-c1cc(OC[C@@H]2COC(C)(C)O2)nc(N2CCOCC2)c1. The molecule has 2 aliphatic heterocycles. The Morgan fingerprint density at radius 1 is 1.21 bits per heavy atom. The lowest BCUT2D eigenvalue weighted by Gasteiger charge is -2.28. The number of hydrogen-bond donors (Lipinski definition) is 1. The number of rotatable bonds is 5. The van der Waals surface area contributed by atoms with Gasteiger partial charge in [0, 0.05) is 24.8 Å². The van der Waals surface area contributed by atoms with Crippen LogP contribution in [0.15, 0.2) is 30.3 Å². The second kappa shape index (κ2) is 8.18. The van der Waals surface area contributed by atoms with Crippen molar-refractivity contribution in [3.8, 4) is 17.0 Å². The van der Waals surface area contributed by atoms with Gasteiger partial charge in [0.25, 0.3) is 0 Å². The van der Waals surface area contributed by atoms with Crippen LogP contribution < -0.4 is 15.4 Å². The van der Waals surface area contributed by atoms with Gasteiger partial charge < -0.3 is 29.6 Å². The number of nitrogens with zero attached hydrogens (tertiary/aromatic N) is 2. The van der Waals surface area contributed by atoms with Gasteiger partial charge in [0.05, 0.1) is 19.8 Å². The molecule has 0 radical (unpaired) electrons. The maximum atomic E-state index is 6.05. The topological polar surface area (TPSA) is 79.1 Å². The van der Waals surface area contributed by atoms with E-state index in [1.165, 1.54) is 0 Å². The van der Waals surface area contributed by atoms with E-state index in [0.29, 0.717) is 32.3 Å². The number of aryl methyl sites for hydroxylation is 1. The van der Waals surface area contributed by atoms with Crippen molar-refractivity contribution in [1.29, 1.82) is 0 Å². The van der Waals surface area contributed by atoms with Crippen LogP contribution in [0, 0.1) is 6.92 Å². The Balaban J connectivity index is 1.62. The van der Waals surface area contributed by atoms with E-state index in [4.69, 9.17) is 29.7 Å². The Morgan fingerprint density at radius 3 is 2.72 bits per heavy atom. The zero-order valence-electron chi connectivity index (χ0n) is 17.3. The molecule has 0 bridgehead atoms. The van der Waals surface area contributed by atoms with E-state index in [-0.39, 0.29) is 6.10 Å². The first kappa shape index (κ1) is 19.9. The predicted octanol–water partition coefficient (Wildman–Crippen LogP) is 3.01. The Morgan fingerprint density at radius 2 is 2.00 bits per heavy atom. The van der Waals surface area contributed by atoms with Crippen molar-refractivity contribution in [1.82, 2.24) is 4.98 Å². The fourth-order valence-electron chi connectivity index (χ4n) is 3.65. The molecule has 0 saturated carbocycles. The van der Waals surface area contributed by atoms with Crippen LogP contribution in [0.4, 0.5) is 11.5 Å². The molecular weight excluding hydrogens is 370 g/mol. The smallest absolute Gasteiger partial charge is 0.215 e. The number of anilines is 2. The van der Waals surface area contributed by atoms with Crippen LogP contribution in [0.2, 0.25) is 0 Å². The minimum atomic E-state index is -0.569. The molecule has 29 heavy (non-hydrogen) atoms. The van der Waals surface area contributed by atoms with Crippen molar-refractivity contribution in [2.45, 2.75) is 32.7 Å². The summed E-state index contributed by atoms with van der Waals surface area (Å²) in [4.78, 5) is 6.97. The van der Waals surface area contributed by atoms with Crippen molar-refractivity contribution in [3.63, 3.8) is 0 Å². The van der Waals surface area contributed by atoms with Gasteiger partial charge in [-0.1, -0.05) is 6.07 Å². The first-order valence-electron chi connectivity index (χ1n) is 10.1. The molecular formula is C22H29N3O4. The molecule has 156 valence electrons. The monoisotopic (exact) mass is 399 g/mol. The van der Waals surface area contributed by atoms with Crippen LogP contribution in [0.5, 0.6) is 5.88 Å². The minimum absolute atomic E-state index is 0.114. The average molecular weight is 399 g/mol. The van der Waals surface area contributed by atoms with Crippen molar-refractivity contribution < 1.29 is 18.9 Å². The molecule has 0 amide bonds. The van der Waals surface area contributed by atoms with Crippen LogP contribution in [-0.4, -0.2) is 56.4 Å². The van der Waals surface area contributed by atoms with Crippen LogP contribution in [0.1, 0.15) is 19.4 Å². The molecule has 7 nitrogen and oxygen atoms in total. The third kappa shape index (κ3) is 4.80. The Hall–Kier alpha value is -2.35. The lowest BCUT2D eigenvalue weighted by molar-refractivity contribution is -0.141. The molecule has 2 saturated heterocycles. The quantitative estimate of drug-likeness (QED) is 0.774. The van der Waals surface area contributed by atoms with Crippen molar-refractivity contribution in [3.05, 3.63) is 35.9 Å². The van der Waals surface area contributed by atoms with Crippen molar-refractivity contribution >= 4 is 11.5 Å². The van der Waals surface area contributed by atoms with E-state index in [1.54, 1.807) is 0 Å². The Kier molecular flexibility index (Phi) is 5.63. The number of morpholine rings is 1. The standard InChI is InChI=1S/C22H29N3O4/c1-15-4-5-17(23)12-19(15)16-10-20(25-6-8-26-9-7-25)24-21(11-16)27-13-18-14-28-22(2,3)29-18/h4-5,10-12,18H,6-9,13-14,23H2,1-3H3/t18-/m1/s1. The molecule has 0 spiro atoms. The summed E-state index contributed by atoms with van der Waals surface area (Å²) in [6.45, 7) is 9.80. The Labute approximate surface area is 171 Å². The highest BCUT2D eigenvalue weighted by molar-refractivity contribution is 5.74. The first-order valence-corrected chi connectivity index (χ1v) is 10.1. The van der Waals surface area contributed by atoms with E-state index in [9.17, 15) is 0 Å². The predicted molar refractivity (Wildman–Crippen MR) is 112 cm³/mol. The summed E-state index contributed by atoms with van der Waals surface area (Å²) in [6, 6.07) is 10.0. The summed E-state index contributed by atoms with van der Waals surface area (Å²) < 4.78 is 23.0. The maximum absolute atomic E-state index is 6.05. The number of nitrogen functional groups attached to an aromatic ring is 1. The van der Waals surface area contributed by atoms with Crippen molar-refractivity contribution in [2.24, 2.45) is 0 Å². The van der Waals surface area contributed by atoms with Gasteiger partial charge in [-0.15, -0.1) is 0 Å². The van der Waals surface area contributed by atoms with Crippen molar-refractivity contribution in [2.75, 3.05) is 50.2 Å². The molecule has 1 atom stereocenters. The minimum Gasteiger partial charge on any atom is -0.475 e. The zero-order valence-corrected chi connectivity index (χ0v) is 17.3. The third-order valence-corrected chi connectivity index (χ3v) is 5.18.